The van der Waals surface area contributed by atoms with Crippen LogP contribution in [0, 0.1) is 0 Å². The molecule has 10 heteroatoms. The van der Waals surface area contributed by atoms with E-state index in [0.717, 1.165) is 36.4 Å². The Morgan fingerprint density at radius 1 is 1.25 bits per heavy atom. The number of aromatic nitrogens is 1. The Hall–Kier alpha value is -2.01. The molecule has 0 saturated carbocycles. The molecule has 3 rings (SSSR count). The number of piperidine rings is 1. The van der Waals surface area contributed by atoms with Crippen LogP contribution in [0.1, 0.15) is 43.8 Å². The van der Waals surface area contributed by atoms with Gasteiger partial charge in [0.05, 0.1) is 34.4 Å². The molecule has 1 N–H and O–H groups in total. The van der Waals surface area contributed by atoms with Gasteiger partial charge in [-0.3, -0.25) is 9.69 Å². The van der Waals surface area contributed by atoms with Gasteiger partial charge in [0.1, 0.15) is 5.75 Å². The van der Waals surface area contributed by atoms with Crippen LogP contribution in [-0.4, -0.2) is 61.8 Å². The highest BCUT2D eigenvalue weighted by Gasteiger charge is 2.27. The molecule has 8 nitrogen and oxygen atoms in total. The predicted octanol–water partition coefficient (Wildman–Crippen LogP) is 3.35. The van der Waals surface area contributed by atoms with E-state index in [0.29, 0.717) is 37.7 Å². The van der Waals surface area contributed by atoms with Crippen molar-refractivity contribution in [3.05, 3.63) is 34.3 Å². The van der Waals surface area contributed by atoms with Crippen molar-refractivity contribution in [1.82, 2.24) is 14.2 Å². The van der Waals surface area contributed by atoms with Gasteiger partial charge in [0.15, 0.2) is 0 Å². The topological polar surface area (TPSA) is 91.8 Å². The van der Waals surface area contributed by atoms with Crippen LogP contribution < -0.4 is 10.1 Å². The molecule has 1 amide bonds. The smallest absolute Gasteiger partial charge is 0.243 e. The quantitative estimate of drug-likeness (QED) is 0.561. The highest BCUT2D eigenvalue weighted by atomic mass is 32.2. The Labute approximate surface area is 194 Å². The van der Waals surface area contributed by atoms with Crippen LogP contribution in [0.15, 0.2) is 28.5 Å². The van der Waals surface area contributed by atoms with Crippen LogP contribution in [0.4, 0.5) is 5.69 Å². The number of nitrogens with one attached hydrogen (secondary N) is 1. The Morgan fingerprint density at radius 2 is 2.00 bits per heavy atom. The second-order valence-corrected chi connectivity index (χ2v) is 10.7. The van der Waals surface area contributed by atoms with Crippen molar-refractivity contribution in [2.24, 2.45) is 0 Å². The van der Waals surface area contributed by atoms with Crippen molar-refractivity contribution in [2.75, 3.05) is 38.6 Å². The number of rotatable bonds is 10. The predicted molar refractivity (Wildman–Crippen MR) is 127 cm³/mol. The van der Waals surface area contributed by atoms with E-state index < -0.39 is 10.0 Å². The number of ether oxygens (including phenoxy) is 1. The lowest BCUT2D eigenvalue weighted by Crippen LogP contribution is -2.35. The minimum Gasteiger partial charge on any atom is -0.492 e. The maximum Gasteiger partial charge on any atom is 0.243 e. The first-order valence-corrected chi connectivity index (χ1v) is 13.3. The van der Waals surface area contributed by atoms with E-state index in [1.165, 1.54) is 10.4 Å². The summed E-state index contributed by atoms with van der Waals surface area (Å²) >= 11 is 1.62. The Balaban J connectivity index is 1.71. The molecule has 0 atom stereocenters. The summed E-state index contributed by atoms with van der Waals surface area (Å²) in [7, 11) is -1.75. The third kappa shape index (κ3) is 6.28. The number of anilines is 1. The molecule has 0 bridgehead atoms. The summed E-state index contributed by atoms with van der Waals surface area (Å²) in [6.07, 6.45) is 3.67. The molecule has 32 heavy (non-hydrogen) atoms. The molecule has 1 aromatic heterocycles. The highest BCUT2D eigenvalue weighted by molar-refractivity contribution is 7.89. The molecule has 1 aromatic carbocycles. The lowest BCUT2D eigenvalue weighted by Gasteiger charge is -2.26. The first-order chi connectivity index (χ1) is 15.3. The van der Waals surface area contributed by atoms with Gasteiger partial charge in [-0.15, -0.1) is 11.3 Å². The van der Waals surface area contributed by atoms with Crippen molar-refractivity contribution >= 4 is 33.0 Å². The van der Waals surface area contributed by atoms with Crippen molar-refractivity contribution in [1.29, 1.82) is 0 Å². The van der Waals surface area contributed by atoms with Crippen molar-refractivity contribution in [3.8, 4) is 5.75 Å². The average molecular weight is 481 g/mol. The number of hydrogen-bond acceptors (Lipinski definition) is 7. The SMILES string of the molecule is CCOc1ccc(S(=O)(=O)N2CCCCC2)cc1NC(=O)CN(C)Cc1csc(CC)n1. The molecule has 2 aromatic rings. The standard InChI is InChI=1S/C22H32N4O4S2/c1-4-22-23-17(16-31-22)14-25(3)15-21(27)24-19-13-18(9-10-20(19)30-5-2)32(28,29)26-11-7-6-8-12-26/h9-10,13,16H,4-8,11-12,14-15H2,1-3H3,(H,24,27). The van der Waals surface area contributed by atoms with E-state index >= 15 is 0 Å². The average Bonchev–Trinajstić information content (AvgIpc) is 3.22. The van der Waals surface area contributed by atoms with E-state index in [9.17, 15) is 13.2 Å². The molecule has 1 aliphatic rings. The van der Waals surface area contributed by atoms with Gasteiger partial charge in [-0.05, 0) is 51.4 Å². The van der Waals surface area contributed by atoms with Crippen molar-refractivity contribution in [3.63, 3.8) is 0 Å². The zero-order valence-electron chi connectivity index (χ0n) is 19.0. The Bertz CT molecular complexity index is 1020. The number of nitrogens with zero attached hydrogens (tertiary/aromatic N) is 3. The zero-order valence-corrected chi connectivity index (χ0v) is 20.6. The summed E-state index contributed by atoms with van der Waals surface area (Å²) in [5, 5.41) is 5.92. The van der Waals surface area contributed by atoms with E-state index in [2.05, 4.69) is 17.2 Å². The fourth-order valence-electron chi connectivity index (χ4n) is 3.65. The molecule has 0 unspecified atom stereocenters. The van der Waals surface area contributed by atoms with Crippen LogP contribution in [0.3, 0.4) is 0 Å². The summed E-state index contributed by atoms with van der Waals surface area (Å²) in [5.74, 6) is 0.208. The number of carbonyl (C=O) groups is 1. The molecule has 1 fully saturated rings. The maximum absolute atomic E-state index is 13.1. The number of aryl methyl sites for hydroxylation is 1. The van der Waals surface area contributed by atoms with Gasteiger partial charge in [-0.1, -0.05) is 13.3 Å². The van der Waals surface area contributed by atoms with Gasteiger partial charge in [0.25, 0.3) is 0 Å². The fraction of sp³-hybridized carbons (Fsp3) is 0.545. The molecular formula is C22H32N4O4S2. The van der Waals surface area contributed by atoms with E-state index in [-0.39, 0.29) is 17.3 Å². The minimum absolute atomic E-state index is 0.146. The van der Waals surface area contributed by atoms with E-state index in [4.69, 9.17) is 4.74 Å². The molecule has 1 aliphatic heterocycles. The molecule has 2 heterocycles. The summed E-state index contributed by atoms with van der Waals surface area (Å²) < 4.78 is 33.3. The van der Waals surface area contributed by atoms with E-state index in [1.54, 1.807) is 23.5 Å². The van der Waals surface area contributed by atoms with Gasteiger partial charge in [-0.2, -0.15) is 4.31 Å². The second-order valence-electron chi connectivity index (χ2n) is 7.86. The molecule has 0 aliphatic carbocycles. The van der Waals surface area contributed by atoms with Gasteiger partial charge >= 0.3 is 0 Å². The van der Waals surface area contributed by atoms with Crippen LogP contribution in [0.25, 0.3) is 0 Å². The Kier molecular flexibility index (Phi) is 8.64. The lowest BCUT2D eigenvalue weighted by molar-refractivity contribution is -0.117. The van der Waals surface area contributed by atoms with Crippen LogP contribution in [0.2, 0.25) is 0 Å². The molecule has 176 valence electrons. The largest absolute Gasteiger partial charge is 0.492 e. The number of sulfonamides is 1. The Morgan fingerprint density at radius 3 is 2.66 bits per heavy atom. The van der Waals surface area contributed by atoms with Gasteiger partial charge in [0, 0.05) is 25.0 Å². The summed E-state index contributed by atoms with van der Waals surface area (Å²) in [6, 6.07) is 4.66. The molecular weight excluding hydrogens is 448 g/mol. The molecule has 0 spiro atoms. The lowest BCUT2D eigenvalue weighted by atomic mass is 10.2. The van der Waals surface area contributed by atoms with E-state index in [1.807, 2.05) is 24.3 Å². The third-order valence-corrected chi connectivity index (χ3v) is 8.16. The first-order valence-electron chi connectivity index (χ1n) is 11.0. The number of thiazole rings is 1. The van der Waals surface area contributed by atoms with Crippen molar-refractivity contribution in [2.45, 2.75) is 51.0 Å². The number of likely N-dealkylation sites (N-methyl/N-ethyl adjacent to an activating group) is 1. The zero-order chi connectivity index (χ0) is 23.1. The molecule has 1 saturated heterocycles. The highest BCUT2D eigenvalue weighted by Crippen LogP contribution is 2.30. The normalized spacial score (nSPS) is 15.1. The summed E-state index contributed by atoms with van der Waals surface area (Å²) in [6.45, 7) is 6.08. The number of hydrogen-bond donors (Lipinski definition) is 1. The number of carbonyl (C=O) groups excluding carboxylic acids is 1. The number of benzene rings is 1. The van der Waals surface area contributed by atoms with Crippen molar-refractivity contribution < 1.29 is 17.9 Å². The fourth-order valence-corrected chi connectivity index (χ4v) is 5.93. The van der Waals surface area contributed by atoms with Crippen LogP contribution in [0.5, 0.6) is 5.75 Å². The summed E-state index contributed by atoms with van der Waals surface area (Å²) in [5.41, 5.74) is 1.30. The summed E-state index contributed by atoms with van der Waals surface area (Å²) in [4.78, 5) is 19.3. The minimum atomic E-state index is -3.61. The van der Waals surface area contributed by atoms with Gasteiger partial charge < -0.3 is 10.1 Å². The van der Waals surface area contributed by atoms with Gasteiger partial charge in [-0.25, -0.2) is 13.4 Å². The maximum atomic E-state index is 13.1. The van der Waals surface area contributed by atoms with Crippen LogP contribution in [-0.2, 0) is 27.8 Å². The number of amides is 1. The second kappa shape index (κ2) is 11.2. The monoisotopic (exact) mass is 480 g/mol. The van der Waals surface area contributed by atoms with Crippen LogP contribution >= 0.6 is 11.3 Å². The first kappa shape index (κ1) is 24.6. The third-order valence-electron chi connectivity index (χ3n) is 5.22. The molecule has 0 radical (unpaired) electrons. The van der Waals surface area contributed by atoms with Gasteiger partial charge in [0.2, 0.25) is 15.9 Å².